The molecule has 1 aromatic heterocycles. The maximum atomic E-state index is 12.5. The standard InChI is InChI=1S/C24H24N2O4/c27-23(28)10-9-17(13-16-11-12-25-14-16)26-24(29)30-15-22-20-7-3-1-5-18(20)19-6-2-4-8-21(19)22/h1-8,11-12,14,17,22,25H,9-10,13,15H2,(H,26,29)(H,27,28). The third kappa shape index (κ3) is 4.38. The Hall–Kier alpha value is -3.54. The second-order valence-corrected chi connectivity index (χ2v) is 7.52. The van der Waals surface area contributed by atoms with Crippen LogP contribution in [0.1, 0.15) is 35.4 Å². The van der Waals surface area contributed by atoms with Crippen LogP contribution in [0.2, 0.25) is 0 Å². The number of carboxylic acids is 1. The maximum absolute atomic E-state index is 12.5. The summed E-state index contributed by atoms with van der Waals surface area (Å²) in [6.45, 7) is 0.232. The highest BCUT2D eigenvalue weighted by Gasteiger charge is 2.29. The van der Waals surface area contributed by atoms with Crippen LogP contribution in [0.15, 0.2) is 67.0 Å². The highest BCUT2D eigenvalue weighted by atomic mass is 16.5. The Morgan fingerprint density at radius 2 is 1.70 bits per heavy atom. The van der Waals surface area contributed by atoms with Gasteiger partial charge in [0.15, 0.2) is 0 Å². The molecule has 0 saturated heterocycles. The topological polar surface area (TPSA) is 91.4 Å². The van der Waals surface area contributed by atoms with Crippen molar-refractivity contribution >= 4 is 12.1 Å². The molecule has 6 heteroatoms. The van der Waals surface area contributed by atoms with Crippen LogP contribution in [0.25, 0.3) is 11.1 Å². The average Bonchev–Trinajstić information content (AvgIpc) is 3.36. The van der Waals surface area contributed by atoms with Gasteiger partial charge in [-0.1, -0.05) is 48.5 Å². The molecule has 0 fully saturated rings. The highest BCUT2D eigenvalue weighted by molar-refractivity contribution is 5.79. The van der Waals surface area contributed by atoms with Gasteiger partial charge < -0.3 is 20.1 Å². The summed E-state index contributed by atoms with van der Waals surface area (Å²) in [5, 5.41) is 11.8. The fourth-order valence-electron chi connectivity index (χ4n) is 4.10. The molecule has 0 radical (unpaired) electrons. The molecule has 1 unspecified atom stereocenters. The predicted molar refractivity (Wildman–Crippen MR) is 113 cm³/mol. The van der Waals surface area contributed by atoms with E-state index < -0.39 is 12.1 Å². The quantitative estimate of drug-likeness (QED) is 0.521. The van der Waals surface area contributed by atoms with Crippen molar-refractivity contribution in [2.24, 2.45) is 0 Å². The maximum Gasteiger partial charge on any atom is 0.407 e. The number of amides is 1. The number of hydrogen-bond donors (Lipinski definition) is 3. The lowest BCUT2D eigenvalue weighted by atomic mass is 9.98. The fourth-order valence-corrected chi connectivity index (χ4v) is 4.10. The number of nitrogens with one attached hydrogen (secondary N) is 2. The molecule has 4 rings (SSSR count). The summed E-state index contributed by atoms with van der Waals surface area (Å²) < 4.78 is 5.59. The molecule has 2 aromatic carbocycles. The van der Waals surface area contributed by atoms with Gasteiger partial charge in [0.25, 0.3) is 0 Å². The highest BCUT2D eigenvalue weighted by Crippen LogP contribution is 2.44. The number of aliphatic carboxylic acids is 1. The minimum Gasteiger partial charge on any atom is -0.481 e. The number of H-pyrrole nitrogens is 1. The Kier molecular flexibility index (Phi) is 5.84. The molecule has 0 bridgehead atoms. The molecule has 1 heterocycles. The normalized spacial score (nSPS) is 13.3. The van der Waals surface area contributed by atoms with E-state index >= 15 is 0 Å². The van der Waals surface area contributed by atoms with E-state index in [0.29, 0.717) is 12.8 Å². The van der Waals surface area contributed by atoms with Crippen LogP contribution in [-0.2, 0) is 16.0 Å². The van der Waals surface area contributed by atoms with E-state index in [0.717, 1.165) is 16.7 Å². The van der Waals surface area contributed by atoms with Crippen molar-refractivity contribution in [3.63, 3.8) is 0 Å². The Labute approximate surface area is 174 Å². The van der Waals surface area contributed by atoms with Crippen molar-refractivity contribution in [3.8, 4) is 11.1 Å². The molecular formula is C24H24N2O4. The van der Waals surface area contributed by atoms with Gasteiger partial charge in [-0.2, -0.15) is 0 Å². The molecule has 1 aliphatic rings. The first kappa shape index (κ1) is 19.8. The number of rotatable bonds is 8. The first-order valence-electron chi connectivity index (χ1n) is 10.1. The van der Waals surface area contributed by atoms with E-state index in [9.17, 15) is 9.59 Å². The molecule has 154 valence electrons. The Morgan fingerprint density at radius 3 is 2.30 bits per heavy atom. The van der Waals surface area contributed by atoms with Gasteiger partial charge in [0.1, 0.15) is 6.61 Å². The van der Waals surface area contributed by atoms with E-state index in [1.807, 2.05) is 36.5 Å². The third-order valence-electron chi connectivity index (χ3n) is 5.52. The molecule has 0 saturated carbocycles. The third-order valence-corrected chi connectivity index (χ3v) is 5.52. The number of carbonyl (C=O) groups excluding carboxylic acids is 1. The van der Waals surface area contributed by atoms with Crippen LogP contribution in [0.4, 0.5) is 4.79 Å². The van der Waals surface area contributed by atoms with Gasteiger partial charge in [-0.3, -0.25) is 4.79 Å². The summed E-state index contributed by atoms with van der Waals surface area (Å²) in [5.74, 6) is -0.895. The zero-order valence-corrected chi connectivity index (χ0v) is 16.5. The smallest absolute Gasteiger partial charge is 0.407 e. The summed E-state index contributed by atoms with van der Waals surface area (Å²) in [4.78, 5) is 26.5. The minimum atomic E-state index is -0.886. The molecular weight excluding hydrogens is 380 g/mol. The van der Waals surface area contributed by atoms with Gasteiger partial charge in [-0.25, -0.2) is 4.79 Å². The molecule has 0 spiro atoms. The molecule has 1 aliphatic carbocycles. The Bertz CT molecular complexity index is 984. The van der Waals surface area contributed by atoms with E-state index in [-0.39, 0.29) is 25.0 Å². The summed E-state index contributed by atoms with van der Waals surface area (Å²) in [5.41, 5.74) is 5.66. The van der Waals surface area contributed by atoms with Crippen molar-refractivity contribution in [3.05, 3.63) is 83.7 Å². The number of aromatic amines is 1. The Balaban J connectivity index is 1.41. The molecule has 3 N–H and O–H groups in total. The first-order chi connectivity index (χ1) is 14.6. The van der Waals surface area contributed by atoms with Crippen LogP contribution < -0.4 is 5.32 Å². The summed E-state index contributed by atoms with van der Waals surface area (Å²) in [7, 11) is 0. The van der Waals surface area contributed by atoms with Crippen molar-refractivity contribution in [2.75, 3.05) is 6.61 Å². The second-order valence-electron chi connectivity index (χ2n) is 7.52. The number of benzene rings is 2. The largest absolute Gasteiger partial charge is 0.481 e. The zero-order chi connectivity index (χ0) is 20.9. The lowest BCUT2D eigenvalue weighted by molar-refractivity contribution is -0.137. The van der Waals surface area contributed by atoms with Crippen LogP contribution in [0, 0.1) is 0 Å². The van der Waals surface area contributed by atoms with E-state index in [1.54, 1.807) is 6.20 Å². The first-order valence-corrected chi connectivity index (χ1v) is 10.1. The average molecular weight is 404 g/mol. The number of hydrogen-bond acceptors (Lipinski definition) is 3. The van der Waals surface area contributed by atoms with E-state index in [4.69, 9.17) is 9.84 Å². The molecule has 30 heavy (non-hydrogen) atoms. The van der Waals surface area contributed by atoms with E-state index in [1.165, 1.54) is 11.1 Å². The molecule has 6 nitrogen and oxygen atoms in total. The lowest BCUT2D eigenvalue weighted by Crippen LogP contribution is -2.37. The van der Waals surface area contributed by atoms with E-state index in [2.05, 4.69) is 34.6 Å². The van der Waals surface area contributed by atoms with Gasteiger partial charge in [0.05, 0.1) is 0 Å². The fraction of sp³-hybridized carbons (Fsp3) is 0.250. The number of aromatic nitrogens is 1. The summed E-state index contributed by atoms with van der Waals surface area (Å²) in [6, 6.07) is 17.9. The Morgan fingerprint density at radius 1 is 1.03 bits per heavy atom. The van der Waals surface area contributed by atoms with Crippen molar-refractivity contribution in [1.29, 1.82) is 0 Å². The van der Waals surface area contributed by atoms with Gasteiger partial charge in [0, 0.05) is 30.8 Å². The summed E-state index contributed by atoms with van der Waals surface area (Å²) >= 11 is 0. The molecule has 3 aromatic rings. The van der Waals surface area contributed by atoms with Crippen LogP contribution in [-0.4, -0.2) is 34.8 Å². The second kappa shape index (κ2) is 8.86. The summed E-state index contributed by atoms with van der Waals surface area (Å²) in [6.07, 6.45) is 3.98. The number of ether oxygens (including phenoxy) is 1. The molecule has 1 atom stereocenters. The van der Waals surface area contributed by atoms with Gasteiger partial charge in [-0.05, 0) is 46.7 Å². The van der Waals surface area contributed by atoms with Crippen molar-refractivity contribution in [2.45, 2.75) is 31.2 Å². The lowest BCUT2D eigenvalue weighted by Gasteiger charge is -2.19. The van der Waals surface area contributed by atoms with Crippen molar-refractivity contribution in [1.82, 2.24) is 10.3 Å². The predicted octanol–water partition coefficient (Wildman–Crippen LogP) is 4.33. The SMILES string of the molecule is O=C(O)CCC(Cc1cc[nH]c1)NC(=O)OCC1c2ccccc2-c2ccccc21. The van der Waals surface area contributed by atoms with Gasteiger partial charge in [-0.15, -0.1) is 0 Å². The minimum absolute atomic E-state index is 0.00899. The van der Waals surface area contributed by atoms with Crippen LogP contribution >= 0.6 is 0 Å². The number of alkyl carbamates (subject to hydrolysis) is 1. The monoisotopic (exact) mass is 404 g/mol. The van der Waals surface area contributed by atoms with Crippen LogP contribution in [0.3, 0.4) is 0 Å². The number of carbonyl (C=O) groups is 2. The van der Waals surface area contributed by atoms with Crippen LogP contribution in [0.5, 0.6) is 0 Å². The zero-order valence-electron chi connectivity index (χ0n) is 16.5. The van der Waals surface area contributed by atoms with Gasteiger partial charge in [0.2, 0.25) is 0 Å². The molecule has 0 aliphatic heterocycles. The van der Waals surface area contributed by atoms with Crippen molar-refractivity contribution < 1.29 is 19.4 Å². The number of carboxylic acid groups (broad SMARTS) is 1. The van der Waals surface area contributed by atoms with Gasteiger partial charge >= 0.3 is 12.1 Å². The molecule has 1 amide bonds. The number of fused-ring (bicyclic) bond motifs is 3.